The Labute approximate surface area is 374 Å². The zero-order valence-electron chi connectivity index (χ0n) is 35.3. The number of carbonyl (C=O) groups excluding carboxylic acids is 1. The van der Waals surface area contributed by atoms with E-state index in [-0.39, 0.29) is 48.8 Å². The van der Waals surface area contributed by atoms with E-state index in [1.807, 2.05) is 22.9 Å². The molecule has 0 saturated carbocycles. The molecule has 0 spiro atoms. The van der Waals surface area contributed by atoms with E-state index in [1.165, 1.54) is 29.0 Å². The van der Waals surface area contributed by atoms with Gasteiger partial charge in [0, 0.05) is 73.7 Å². The molecular weight excluding hydrogens is 866 g/mol. The highest BCUT2D eigenvalue weighted by atomic mass is 35.5. The number of benzene rings is 3. The van der Waals surface area contributed by atoms with E-state index in [0.717, 1.165) is 73.1 Å². The number of pyridine rings is 1. The lowest BCUT2D eigenvalue weighted by atomic mass is 9.72. The lowest BCUT2D eigenvalue weighted by Gasteiger charge is -2.39. The normalized spacial score (nSPS) is 18.2. The molecule has 5 aromatic rings. The minimum absolute atomic E-state index is 0.0176. The summed E-state index contributed by atoms with van der Waals surface area (Å²) in [5.74, 6) is -0.937. The number of amides is 2. The minimum Gasteiger partial charge on any atom is -0.485 e. The third kappa shape index (κ3) is 10.1. The van der Waals surface area contributed by atoms with Crippen molar-refractivity contribution in [3.8, 4) is 17.2 Å². The quantitative estimate of drug-likeness (QED) is 0.0770. The number of nitro groups is 1. The van der Waals surface area contributed by atoms with Crippen LogP contribution in [0.2, 0.25) is 5.02 Å². The van der Waals surface area contributed by atoms with E-state index in [0.29, 0.717) is 29.5 Å². The molecule has 64 heavy (non-hydrogen) atoms. The predicted octanol–water partition coefficient (Wildman–Crippen LogP) is 7.58. The highest BCUT2D eigenvalue weighted by molar-refractivity contribution is 7.90. The maximum absolute atomic E-state index is 13.9. The molecule has 0 radical (unpaired) electrons. The molecule has 2 saturated heterocycles. The van der Waals surface area contributed by atoms with Crippen LogP contribution in [-0.4, -0.2) is 115 Å². The Morgan fingerprint density at radius 2 is 1.81 bits per heavy atom. The van der Waals surface area contributed by atoms with E-state index < -0.39 is 43.6 Å². The summed E-state index contributed by atoms with van der Waals surface area (Å²) in [6.07, 6.45) is 5.17. The lowest BCUT2D eigenvalue weighted by molar-refractivity contribution is -0.386. The van der Waals surface area contributed by atoms with Gasteiger partial charge in [-0.05, 0) is 84.3 Å². The SMILES string of the molecule is CC1(C)CCC(CN2CCN(c3ccc(C(=O)NS(=O)(=O)c4ccc(OCC5COCCN5C(=O)O)c([N+](=O)[O-])c4)c(Oc4cnc5[nH]ccc5c4)c3)CC2)=C(c2ccc(Cl)cc2)C1. The number of aromatic amines is 1. The van der Waals surface area contributed by atoms with Crippen molar-refractivity contribution in [2.45, 2.75) is 44.0 Å². The fraction of sp³-hybridized carbons (Fsp3) is 0.356. The summed E-state index contributed by atoms with van der Waals surface area (Å²) in [6.45, 7) is 8.49. The first kappa shape index (κ1) is 44.4. The van der Waals surface area contributed by atoms with Gasteiger partial charge >= 0.3 is 11.8 Å². The van der Waals surface area contributed by atoms with Crippen LogP contribution in [-0.2, 0) is 14.8 Å². The van der Waals surface area contributed by atoms with Gasteiger partial charge in [0.1, 0.15) is 23.8 Å². The lowest BCUT2D eigenvalue weighted by Crippen LogP contribution is -2.50. The number of carbonyl (C=O) groups is 2. The number of aromatic nitrogens is 2. The summed E-state index contributed by atoms with van der Waals surface area (Å²) >= 11 is 6.23. The van der Waals surface area contributed by atoms with Crippen LogP contribution in [0.25, 0.3) is 16.6 Å². The van der Waals surface area contributed by atoms with Gasteiger partial charge in [-0.1, -0.05) is 43.2 Å². The molecule has 17 nitrogen and oxygen atoms in total. The molecule has 3 aromatic carbocycles. The molecule has 1 unspecified atom stereocenters. The Morgan fingerprint density at radius 1 is 1.03 bits per heavy atom. The Kier molecular flexibility index (Phi) is 12.8. The highest BCUT2D eigenvalue weighted by Gasteiger charge is 2.32. The fourth-order valence-corrected chi connectivity index (χ4v) is 9.49. The second-order valence-corrected chi connectivity index (χ2v) is 19.0. The van der Waals surface area contributed by atoms with Crippen LogP contribution in [0.1, 0.15) is 49.0 Å². The summed E-state index contributed by atoms with van der Waals surface area (Å²) in [7, 11) is -4.69. The minimum atomic E-state index is -4.69. The van der Waals surface area contributed by atoms with Gasteiger partial charge in [-0.25, -0.2) is 22.9 Å². The monoisotopic (exact) mass is 913 g/mol. The summed E-state index contributed by atoms with van der Waals surface area (Å²) in [5, 5.41) is 23.1. The first-order chi connectivity index (χ1) is 30.6. The van der Waals surface area contributed by atoms with E-state index >= 15 is 0 Å². The van der Waals surface area contributed by atoms with Gasteiger partial charge < -0.3 is 29.2 Å². The summed E-state index contributed by atoms with van der Waals surface area (Å²) in [4.78, 5) is 49.5. The number of halogens is 1. The molecule has 8 rings (SSSR count). The van der Waals surface area contributed by atoms with E-state index in [2.05, 4.69) is 45.7 Å². The average molecular weight is 914 g/mol. The van der Waals surface area contributed by atoms with Crippen molar-refractivity contribution >= 4 is 61.6 Å². The van der Waals surface area contributed by atoms with Crippen LogP contribution in [0.15, 0.2) is 95.7 Å². The van der Waals surface area contributed by atoms with Crippen LogP contribution in [0, 0.1) is 15.5 Å². The van der Waals surface area contributed by atoms with Crippen molar-refractivity contribution in [2.75, 3.05) is 64.0 Å². The number of allylic oxidation sites excluding steroid dienone is 1. The van der Waals surface area contributed by atoms with Crippen LogP contribution in [0.5, 0.6) is 17.2 Å². The number of morpholine rings is 1. The summed E-state index contributed by atoms with van der Waals surface area (Å²) in [5.41, 5.74) is 4.85. The maximum Gasteiger partial charge on any atom is 0.407 e. The van der Waals surface area contributed by atoms with E-state index in [9.17, 15) is 33.2 Å². The number of piperazine rings is 1. The molecule has 1 aliphatic carbocycles. The zero-order chi connectivity index (χ0) is 45.2. The van der Waals surface area contributed by atoms with Gasteiger partial charge in [-0.3, -0.25) is 24.7 Å². The van der Waals surface area contributed by atoms with Crippen molar-refractivity contribution in [1.29, 1.82) is 0 Å². The smallest absolute Gasteiger partial charge is 0.407 e. The van der Waals surface area contributed by atoms with Crippen molar-refractivity contribution < 1.29 is 42.2 Å². The number of fused-ring (bicyclic) bond motifs is 1. The Hall–Kier alpha value is -6.21. The van der Waals surface area contributed by atoms with Crippen molar-refractivity contribution in [2.24, 2.45) is 5.41 Å². The van der Waals surface area contributed by atoms with Crippen molar-refractivity contribution in [3.05, 3.63) is 117 Å². The van der Waals surface area contributed by atoms with Crippen LogP contribution in [0.4, 0.5) is 16.2 Å². The van der Waals surface area contributed by atoms with Gasteiger partial charge in [0.25, 0.3) is 15.9 Å². The molecule has 2 amide bonds. The number of ether oxygens (including phenoxy) is 3. The van der Waals surface area contributed by atoms with Crippen molar-refractivity contribution in [3.63, 3.8) is 0 Å². The number of nitrogens with one attached hydrogen (secondary N) is 2. The Balaban J connectivity index is 1.00. The molecule has 2 aliphatic heterocycles. The fourth-order valence-electron chi connectivity index (χ4n) is 8.38. The number of carboxylic acid groups (broad SMARTS) is 1. The number of hydrogen-bond donors (Lipinski definition) is 3. The van der Waals surface area contributed by atoms with Gasteiger partial charge in [0.15, 0.2) is 5.75 Å². The molecule has 0 bridgehead atoms. The summed E-state index contributed by atoms with van der Waals surface area (Å²) < 4.78 is 46.7. The first-order valence-corrected chi connectivity index (χ1v) is 22.7. The maximum atomic E-state index is 13.9. The highest BCUT2D eigenvalue weighted by Crippen LogP contribution is 2.43. The number of hydrogen-bond acceptors (Lipinski definition) is 12. The standard InChI is InChI=1S/C45H48ClN7O10S/c1-45(2)13-11-31(38(24-45)29-3-5-32(46)6-4-29)26-50-15-17-51(18-16-50)33-7-9-37(41(22-33)63-35-21-30-12-14-47-42(30)48-25-35)43(54)49-64(59,60)36-8-10-40(39(23-36)53(57)58)62-28-34-27-61-20-19-52(34)44(55)56/h3-10,12,14,21-23,25,34H,11,13,15-20,24,26-28H2,1-2H3,(H,47,48)(H,49,54)(H,55,56). The second-order valence-electron chi connectivity index (χ2n) is 16.9. The molecule has 336 valence electrons. The van der Waals surface area contributed by atoms with Gasteiger partial charge in [-0.2, -0.15) is 0 Å². The first-order valence-electron chi connectivity index (χ1n) is 20.9. The predicted molar refractivity (Wildman–Crippen MR) is 240 cm³/mol. The molecule has 19 heteroatoms. The molecule has 3 N–H and O–H groups in total. The Morgan fingerprint density at radius 3 is 2.56 bits per heavy atom. The molecule has 3 aliphatic rings. The number of sulfonamides is 1. The number of H-pyrrole nitrogens is 1. The molecule has 1 atom stereocenters. The van der Waals surface area contributed by atoms with Gasteiger partial charge in [0.05, 0.1) is 40.8 Å². The number of nitro benzene ring substituents is 1. The molecule has 4 heterocycles. The van der Waals surface area contributed by atoms with E-state index in [4.69, 9.17) is 25.8 Å². The number of nitrogens with zero attached hydrogens (tertiary/aromatic N) is 5. The number of anilines is 1. The summed E-state index contributed by atoms with van der Waals surface area (Å²) in [6, 6.07) is 18.8. The zero-order valence-corrected chi connectivity index (χ0v) is 36.9. The van der Waals surface area contributed by atoms with E-state index in [1.54, 1.807) is 24.4 Å². The molecule has 2 aromatic heterocycles. The molecular formula is C45H48ClN7O10S. The topological polar surface area (TPSA) is 210 Å². The third-order valence-corrected chi connectivity index (χ3v) is 13.5. The van der Waals surface area contributed by atoms with Crippen molar-refractivity contribution in [1.82, 2.24) is 24.5 Å². The molecule has 2 fully saturated rings. The van der Waals surface area contributed by atoms with Crippen LogP contribution >= 0.6 is 11.6 Å². The number of rotatable bonds is 13. The van der Waals surface area contributed by atoms with Gasteiger partial charge in [-0.15, -0.1) is 0 Å². The van der Waals surface area contributed by atoms with Gasteiger partial charge in [0.2, 0.25) is 0 Å². The Bertz CT molecular complexity index is 2720. The second kappa shape index (κ2) is 18.5. The third-order valence-electron chi connectivity index (χ3n) is 11.9. The average Bonchev–Trinajstić information content (AvgIpc) is 3.75. The van der Waals surface area contributed by atoms with Crippen LogP contribution < -0.4 is 19.1 Å². The largest absolute Gasteiger partial charge is 0.485 e. The van der Waals surface area contributed by atoms with Crippen LogP contribution in [0.3, 0.4) is 0 Å².